The summed E-state index contributed by atoms with van der Waals surface area (Å²) < 4.78 is 4.75. The molecule has 0 unspecified atom stereocenters. The van der Waals surface area contributed by atoms with Gasteiger partial charge in [0.15, 0.2) is 0 Å². The maximum absolute atomic E-state index is 10.1. The first-order chi connectivity index (χ1) is 12.2. The maximum atomic E-state index is 10.1. The van der Waals surface area contributed by atoms with Gasteiger partial charge in [0.2, 0.25) is 0 Å². The molecule has 2 aromatic rings. The van der Waals surface area contributed by atoms with Gasteiger partial charge in [-0.3, -0.25) is 0 Å². The van der Waals surface area contributed by atoms with E-state index >= 15 is 0 Å². The van der Waals surface area contributed by atoms with Crippen molar-refractivity contribution in [3.05, 3.63) is 59.7 Å². The Kier molecular flexibility index (Phi) is 6.17. The van der Waals surface area contributed by atoms with Crippen molar-refractivity contribution < 1.29 is 49.8 Å². The molecule has 4 rings (SSSR count). The van der Waals surface area contributed by atoms with Crippen LogP contribution in [0.15, 0.2) is 48.5 Å². The van der Waals surface area contributed by atoms with Crippen molar-refractivity contribution >= 4 is 12.4 Å². The molecule has 2 aromatic carbocycles. The van der Waals surface area contributed by atoms with E-state index in [4.69, 9.17) is 0 Å². The predicted molar refractivity (Wildman–Crippen MR) is 93.1 cm³/mol. The molecule has 26 heavy (non-hydrogen) atoms. The van der Waals surface area contributed by atoms with Gasteiger partial charge in [0.25, 0.3) is 0 Å². The van der Waals surface area contributed by atoms with E-state index in [1.54, 1.807) is 12.1 Å². The fourth-order valence-electron chi connectivity index (χ4n) is 3.57. The quantitative estimate of drug-likeness (QED) is 0.620. The van der Waals surface area contributed by atoms with Gasteiger partial charge in [0.1, 0.15) is 0 Å². The van der Waals surface area contributed by atoms with Crippen LogP contribution in [0.4, 0.5) is 0 Å². The van der Waals surface area contributed by atoms with E-state index in [0.29, 0.717) is 39.0 Å². The molecule has 2 fully saturated rings. The summed E-state index contributed by atoms with van der Waals surface area (Å²) in [6.07, 6.45) is 9.04. The standard InChI is InChI=1S/C20H22N2O2.BrH.Mn/c23-19-11-5-1-7-15(19)13-21-17-9-3-4-10-18(17)22-14-16-8-2-6-12-20(16)24;;/h1-2,5-8,11-14,17-18,23-24H,3-4,9-10H2;1H;/q;;+2/p-1/t17-,18-;;/m1../s1. The minimum Gasteiger partial charge on any atom is -1.00 e. The van der Waals surface area contributed by atoms with Crippen molar-refractivity contribution in [1.29, 1.82) is 0 Å². The minimum absolute atomic E-state index is 0. The van der Waals surface area contributed by atoms with Crippen molar-refractivity contribution in [1.82, 2.24) is 0 Å². The Labute approximate surface area is 170 Å². The van der Waals surface area contributed by atoms with Gasteiger partial charge < -0.3 is 17.0 Å². The van der Waals surface area contributed by atoms with E-state index in [2.05, 4.69) is 19.6 Å². The average Bonchev–Trinajstić information content (AvgIpc) is 2.97. The van der Waals surface area contributed by atoms with E-state index in [9.17, 15) is 10.2 Å². The fourth-order valence-corrected chi connectivity index (χ4v) is 5.41. The van der Waals surface area contributed by atoms with Gasteiger partial charge in [-0.25, -0.2) is 0 Å². The van der Waals surface area contributed by atoms with Gasteiger partial charge in [0, 0.05) is 0 Å². The molecule has 0 radical (unpaired) electrons. The van der Waals surface area contributed by atoms with E-state index < -0.39 is 0 Å². The fraction of sp³-hybridized carbons (Fsp3) is 0.300. The summed E-state index contributed by atoms with van der Waals surface area (Å²) in [5.41, 5.74) is 1.73. The average molecular weight is 457 g/mol. The number of hydrogen-bond donors (Lipinski definition) is 2. The van der Waals surface area contributed by atoms with Gasteiger partial charge in [-0.2, -0.15) is 0 Å². The first-order valence-corrected chi connectivity index (χ1v) is 9.76. The molecule has 4 nitrogen and oxygen atoms in total. The minimum atomic E-state index is 0. The Bertz CT molecular complexity index is 784. The Morgan fingerprint density at radius 2 is 1.19 bits per heavy atom. The molecular formula is C20H22BrMnN2O2+. The molecule has 0 bridgehead atoms. The van der Waals surface area contributed by atoms with Crippen molar-refractivity contribution in [2.45, 2.75) is 37.8 Å². The van der Waals surface area contributed by atoms with Crippen LogP contribution >= 0.6 is 0 Å². The van der Waals surface area contributed by atoms with Crippen molar-refractivity contribution in [3.8, 4) is 11.5 Å². The largest absolute Gasteiger partial charge is 1.00 e. The Morgan fingerprint density at radius 3 is 1.62 bits per heavy atom. The SMILES string of the molecule is Oc1ccccc1C=[N+]1[Mn][N+](=Cc2ccccc2O)[C@@H]2CCCC[C@H]21.[Br-]. The van der Waals surface area contributed by atoms with E-state index in [1.165, 1.54) is 25.7 Å². The van der Waals surface area contributed by atoms with E-state index in [1.807, 2.05) is 36.4 Å². The smallest absolute Gasteiger partial charge is 1.00 e. The molecule has 2 atom stereocenters. The third-order valence-electron chi connectivity index (χ3n) is 4.90. The Balaban J connectivity index is 0.00000196. The molecule has 0 amide bonds. The van der Waals surface area contributed by atoms with Crippen LogP contribution in [0.5, 0.6) is 11.5 Å². The summed E-state index contributed by atoms with van der Waals surface area (Å²) >= 11 is 0.446. The zero-order valence-corrected chi connectivity index (χ0v) is 17.1. The third-order valence-corrected chi connectivity index (χ3v) is 6.53. The van der Waals surface area contributed by atoms with Crippen LogP contribution < -0.4 is 17.0 Å². The van der Waals surface area contributed by atoms with Gasteiger partial charge in [-0.05, 0) is 0 Å². The summed E-state index contributed by atoms with van der Waals surface area (Å²) in [4.78, 5) is 0. The van der Waals surface area contributed by atoms with Crippen molar-refractivity contribution in [3.63, 3.8) is 0 Å². The molecule has 1 heterocycles. The van der Waals surface area contributed by atoms with Crippen LogP contribution in [0.1, 0.15) is 36.8 Å². The van der Waals surface area contributed by atoms with Crippen LogP contribution in [0.3, 0.4) is 0 Å². The topological polar surface area (TPSA) is 46.5 Å². The third kappa shape index (κ3) is 3.87. The summed E-state index contributed by atoms with van der Waals surface area (Å²) in [5, 5.41) is 20.2. The number of phenolic OH excluding ortho intramolecular Hbond substituents is 2. The molecule has 0 spiro atoms. The number of phenols is 2. The van der Waals surface area contributed by atoms with Crippen LogP contribution in [0, 0.1) is 0 Å². The van der Waals surface area contributed by atoms with E-state index in [-0.39, 0.29) is 17.0 Å². The van der Waals surface area contributed by atoms with Crippen molar-refractivity contribution in [2.24, 2.45) is 0 Å². The number of fused-ring (bicyclic) bond motifs is 1. The zero-order chi connectivity index (χ0) is 17.2. The number of nitrogens with zero attached hydrogens (tertiary/aromatic N) is 2. The van der Waals surface area contributed by atoms with Crippen LogP contribution in [-0.4, -0.2) is 41.9 Å². The van der Waals surface area contributed by atoms with E-state index in [0.717, 1.165) is 11.1 Å². The number of rotatable bonds is 2. The van der Waals surface area contributed by atoms with Crippen LogP contribution in [-0.2, 0) is 15.4 Å². The Hall–Kier alpha value is -1.62. The van der Waals surface area contributed by atoms with Crippen LogP contribution in [0.2, 0.25) is 0 Å². The number of para-hydroxylation sites is 2. The number of hydrogen-bond acceptors (Lipinski definition) is 2. The van der Waals surface area contributed by atoms with Gasteiger partial charge in [-0.15, -0.1) is 0 Å². The second-order valence-corrected chi connectivity index (χ2v) is 8.01. The number of halogens is 1. The summed E-state index contributed by atoms with van der Waals surface area (Å²) in [7, 11) is 0. The molecule has 137 valence electrons. The monoisotopic (exact) mass is 456 g/mol. The Morgan fingerprint density at radius 1 is 0.769 bits per heavy atom. The van der Waals surface area contributed by atoms with Crippen molar-refractivity contribution in [2.75, 3.05) is 0 Å². The molecule has 6 heteroatoms. The summed E-state index contributed by atoms with van der Waals surface area (Å²) in [5.74, 6) is 0.645. The van der Waals surface area contributed by atoms with Gasteiger partial charge >= 0.3 is 154 Å². The number of aromatic hydroxyl groups is 2. The molecule has 2 aliphatic rings. The molecular weight excluding hydrogens is 435 g/mol. The number of benzene rings is 2. The second kappa shape index (κ2) is 8.38. The normalized spacial score (nSPS) is 25.1. The molecule has 1 saturated carbocycles. The molecule has 1 saturated heterocycles. The molecule has 1 aliphatic heterocycles. The first kappa shape index (κ1) is 19.1. The molecule has 0 aromatic heterocycles. The van der Waals surface area contributed by atoms with Crippen LogP contribution in [0.25, 0.3) is 0 Å². The first-order valence-electron chi connectivity index (χ1n) is 8.70. The molecule has 2 N–H and O–H groups in total. The molecule has 1 aliphatic carbocycles. The van der Waals surface area contributed by atoms with Gasteiger partial charge in [-0.1, -0.05) is 0 Å². The summed E-state index contributed by atoms with van der Waals surface area (Å²) in [6.45, 7) is 0. The second-order valence-electron chi connectivity index (χ2n) is 6.56. The predicted octanol–water partition coefficient (Wildman–Crippen LogP) is -0.0979. The maximum Gasteiger partial charge on any atom is -1.00 e. The van der Waals surface area contributed by atoms with Gasteiger partial charge in [0.05, 0.1) is 0 Å². The zero-order valence-electron chi connectivity index (χ0n) is 14.3. The summed E-state index contributed by atoms with van der Waals surface area (Å²) in [6, 6.07) is 15.9.